The van der Waals surface area contributed by atoms with Crippen LogP contribution in [0.5, 0.6) is 11.5 Å². The third-order valence-corrected chi connectivity index (χ3v) is 6.77. The Hall–Kier alpha value is -2.58. The molecule has 0 saturated carbocycles. The van der Waals surface area contributed by atoms with Crippen molar-refractivity contribution in [2.24, 2.45) is 0 Å². The van der Waals surface area contributed by atoms with Crippen molar-refractivity contribution in [3.8, 4) is 11.5 Å². The Morgan fingerprint density at radius 3 is 2.54 bits per heavy atom. The van der Waals surface area contributed by atoms with Gasteiger partial charge in [-0.2, -0.15) is 4.31 Å². The molecule has 0 N–H and O–H groups in total. The first-order valence-electron chi connectivity index (χ1n) is 8.84. The largest absolute Gasteiger partial charge is 0.497 e. The zero-order valence-corrected chi connectivity index (χ0v) is 16.9. The number of esters is 1. The molecule has 1 saturated heterocycles. The number of hydrogen-bond acceptors (Lipinski definition) is 6. The van der Waals surface area contributed by atoms with Gasteiger partial charge < -0.3 is 14.2 Å². The second-order valence-corrected chi connectivity index (χ2v) is 8.29. The quantitative estimate of drug-likeness (QED) is 0.687. The van der Waals surface area contributed by atoms with Crippen LogP contribution in [-0.2, 0) is 14.8 Å². The molecule has 2 aromatic rings. The number of sulfonamides is 1. The van der Waals surface area contributed by atoms with Crippen LogP contribution in [0.15, 0.2) is 47.4 Å². The Labute approximate surface area is 164 Å². The van der Waals surface area contributed by atoms with Gasteiger partial charge in [0.05, 0.1) is 37.8 Å². The normalized spacial score (nSPS) is 17.3. The number of benzene rings is 2. The summed E-state index contributed by atoms with van der Waals surface area (Å²) in [5.41, 5.74) is 0.981. The van der Waals surface area contributed by atoms with Crippen molar-refractivity contribution in [3.63, 3.8) is 0 Å². The molecule has 1 aliphatic heterocycles. The van der Waals surface area contributed by atoms with Crippen molar-refractivity contribution in [3.05, 3.63) is 53.6 Å². The van der Waals surface area contributed by atoms with Gasteiger partial charge in [0.25, 0.3) is 0 Å². The molecule has 1 aliphatic rings. The molecule has 1 unspecified atom stereocenters. The van der Waals surface area contributed by atoms with Crippen LogP contribution in [-0.4, -0.2) is 46.6 Å². The first-order valence-corrected chi connectivity index (χ1v) is 10.3. The number of carbonyl (C=O) groups is 1. The molecule has 0 bridgehead atoms. The Morgan fingerprint density at radius 2 is 1.86 bits per heavy atom. The number of carbonyl (C=O) groups excluding carboxylic acids is 1. The summed E-state index contributed by atoms with van der Waals surface area (Å²) in [5, 5.41) is 0. The molecule has 0 spiro atoms. The molecule has 1 heterocycles. The molecule has 0 aromatic heterocycles. The zero-order valence-electron chi connectivity index (χ0n) is 16.0. The van der Waals surface area contributed by atoms with Crippen molar-refractivity contribution in [1.82, 2.24) is 4.31 Å². The average Bonchev–Trinajstić information content (AvgIpc) is 3.23. The van der Waals surface area contributed by atoms with E-state index in [-0.39, 0.29) is 16.5 Å². The van der Waals surface area contributed by atoms with Gasteiger partial charge in [0.1, 0.15) is 11.5 Å². The Morgan fingerprint density at radius 1 is 1.07 bits per heavy atom. The molecule has 0 aliphatic carbocycles. The minimum atomic E-state index is -3.80. The molecule has 2 aromatic carbocycles. The van der Waals surface area contributed by atoms with E-state index in [4.69, 9.17) is 14.2 Å². The third kappa shape index (κ3) is 3.70. The summed E-state index contributed by atoms with van der Waals surface area (Å²) in [5.74, 6) is 0.639. The predicted octanol–water partition coefficient (Wildman–Crippen LogP) is 3.02. The third-order valence-electron chi connectivity index (χ3n) is 4.87. The van der Waals surface area contributed by atoms with Gasteiger partial charge in [-0.3, -0.25) is 0 Å². The number of rotatable bonds is 6. The molecule has 0 radical (unpaired) electrons. The summed E-state index contributed by atoms with van der Waals surface area (Å²) < 4.78 is 43.5. The SMILES string of the molecule is COC(=O)c1cccc(S(=O)(=O)N2CCCC2c2ccc(OC)cc2OC)c1. The Kier molecular flexibility index (Phi) is 5.90. The van der Waals surface area contributed by atoms with E-state index < -0.39 is 16.0 Å². The van der Waals surface area contributed by atoms with E-state index >= 15 is 0 Å². The predicted molar refractivity (Wildman–Crippen MR) is 103 cm³/mol. The number of methoxy groups -OCH3 is 3. The molecule has 7 nitrogen and oxygen atoms in total. The van der Waals surface area contributed by atoms with E-state index in [1.165, 1.54) is 35.7 Å². The van der Waals surface area contributed by atoms with E-state index in [0.717, 1.165) is 12.0 Å². The van der Waals surface area contributed by atoms with Crippen molar-refractivity contribution >= 4 is 16.0 Å². The molecule has 28 heavy (non-hydrogen) atoms. The van der Waals surface area contributed by atoms with Gasteiger partial charge in [-0.1, -0.05) is 12.1 Å². The first kappa shape index (κ1) is 20.2. The summed E-state index contributed by atoms with van der Waals surface area (Å²) in [7, 11) is 0.570. The van der Waals surface area contributed by atoms with Crippen LogP contribution < -0.4 is 9.47 Å². The van der Waals surface area contributed by atoms with Crippen LogP contribution in [0.25, 0.3) is 0 Å². The number of hydrogen-bond donors (Lipinski definition) is 0. The number of ether oxygens (including phenoxy) is 3. The fraction of sp³-hybridized carbons (Fsp3) is 0.350. The zero-order chi connectivity index (χ0) is 20.3. The van der Waals surface area contributed by atoms with Crippen molar-refractivity contribution in [2.45, 2.75) is 23.8 Å². The van der Waals surface area contributed by atoms with Crippen molar-refractivity contribution in [2.75, 3.05) is 27.9 Å². The van der Waals surface area contributed by atoms with Crippen molar-refractivity contribution in [1.29, 1.82) is 0 Å². The maximum Gasteiger partial charge on any atom is 0.337 e. The summed E-state index contributed by atoms with van der Waals surface area (Å²) in [6.07, 6.45) is 1.41. The van der Waals surface area contributed by atoms with Crippen LogP contribution in [0.1, 0.15) is 34.8 Å². The molecule has 150 valence electrons. The second kappa shape index (κ2) is 8.20. The Bertz CT molecular complexity index is 972. The lowest BCUT2D eigenvalue weighted by molar-refractivity contribution is 0.0600. The summed E-state index contributed by atoms with van der Waals surface area (Å²) in [6, 6.07) is 10.9. The smallest absolute Gasteiger partial charge is 0.337 e. The van der Waals surface area contributed by atoms with Gasteiger partial charge >= 0.3 is 5.97 Å². The minimum Gasteiger partial charge on any atom is -0.497 e. The van der Waals surface area contributed by atoms with Crippen LogP contribution in [0, 0.1) is 0 Å². The van der Waals surface area contributed by atoms with E-state index in [2.05, 4.69) is 0 Å². The highest BCUT2D eigenvalue weighted by Crippen LogP contribution is 2.41. The standard InChI is InChI=1S/C20H23NO6S/c1-25-15-9-10-17(19(13-15)26-2)18-8-5-11-21(18)28(23,24)16-7-4-6-14(12-16)20(22)27-3/h4,6-7,9-10,12-13,18H,5,8,11H2,1-3H3. The molecule has 8 heteroatoms. The molecule has 3 rings (SSSR count). The fourth-order valence-electron chi connectivity index (χ4n) is 3.47. The fourth-order valence-corrected chi connectivity index (χ4v) is 5.19. The van der Waals surface area contributed by atoms with Crippen LogP contribution in [0.3, 0.4) is 0 Å². The van der Waals surface area contributed by atoms with E-state index in [1.54, 1.807) is 26.4 Å². The molecular formula is C20H23NO6S. The lowest BCUT2D eigenvalue weighted by Gasteiger charge is -2.26. The highest BCUT2D eigenvalue weighted by Gasteiger charge is 2.37. The minimum absolute atomic E-state index is 0.0646. The maximum atomic E-state index is 13.3. The van der Waals surface area contributed by atoms with Crippen LogP contribution in [0.2, 0.25) is 0 Å². The molecule has 0 amide bonds. The highest BCUT2D eigenvalue weighted by molar-refractivity contribution is 7.89. The van der Waals surface area contributed by atoms with Gasteiger partial charge in [-0.25, -0.2) is 13.2 Å². The van der Waals surface area contributed by atoms with E-state index in [0.29, 0.717) is 24.5 Å². The van der Waals surface area contributed by atoms with Gasteiger partial charge in [-0.15, -0.1) is 0 Å². The monoisotopic (exact) mass is 405 g/mol. The van der Waals surface area contributed by atoms with E-state index in [1.807, 2.05) is 6.07 Å². The number of nitrogens with zero attached hydrogens (tertiary/aromatic N) is 1. The second-order valence-electron chi connectivity index (χ2n) is 6.40. The van der Waals surface area contributed by atoms with Gasteiger partial charge in [0.15, 0.2) is 0 Å². The molecular weight excluding hydrogens is 382 g/mol. The topological polar surface area (TPSA) is 82.1 Å². The molecule has 1 fully saturated rings. The summed E-state index contributed by atoms with van der Waals surface area (Å²) in [6.45, 7) is 0.393. The Balaban J connectivity index is 2.00. The van der Waals surface area contributed by atoms with Crippen LogP contribution >= 0.6 is 0 Å². The van der Waals surface area contributed by atoms with Crippen LogP contribution in [0.4, 0.5) is 0 Å². The summed E-state index contributed by atoms with van der Waals surface area (Å²) >= 11 is 0. The summed E-state index contributed by atoms with van der Waals surface area (Å²) in [4.78, 5) is 11.8. The van der Waals surface area contributed by atoms with E-state index in [9.17, 15) is 13.2 Å². The first-order chi connectivity index (χ1) is 13.4. The lowest BCUT2D eigenvalue weighted by Crippen LogP contribution is -2.31. The van der Waals surface area contributed by atoms with Crippen molar-refractivity contribution < 1.29 is 27.4 Å². The van der Waals surface area contributed by atoms with Gasteiger partial charge in [0, 0.05) is 18.2 Å². The molecule has 1 atom stereocenters. The van der Waals surface area contributed by atoms with Gasteiger partial charge in [0.2, 0.25) is 10.0 Å². The average molecular weight is 405 g/mol. The maximum absolute atomic E-state index is 13.3. The lowest BCUT2D eigenvalue weighted by atomic mass is 10.0. The van der Waals surface area contributed by atoms with Gasteiger partial charge in [-0.05, 0) is 37.1 Å². The highest BCUT2D eigenvalue weighted by atomic mass is 32.2.